The van der Waals surface area contributed by atoms with Crippen LogP contribution in [0.2, 0.25) is 5.02 Å². The molecule has 3 saturated heterocycles. The van der Waals surface area contributed by atoms with Gasteiger partial charge in [-0.3, -0.25) is 14.4 Å². The number of aliphatic hydroxyl groups excluding tert-OH is 1. The third kappa shape index (κ3) is 5.20. The Balaban J connectivity index is 1.80. The number of alkyl halides is 1. The lowest BCUT2D eigenvalue weighted by Gasteiger charge is -2.38. The topological polar surface area (TPSA) is 81.2 Å². The summed E-state index contributed by atoms with van der Waals surface area (Å²) in [5.41, 5.74) is 1.47. The lowest BCUT2D eigenvalue weighted by atomic mass is 9.70. The second-order valence-corrected chi connectivity index (χ2v) is 13.8. The molecule has 0 radical (unpaired) electrons. The number of anilines is 1. The summed E-state index contributed by atoms with van der Waals surface area (Å²) < 4.78 is -0.742. The number of thioether (sulfide) groups is 1. The Hall–Kier alpha value is -1.81. The fraction of sp³-hybridized carbons (Fsp3) is 0.552. The van der Waals surface area contributed by atoms with E-state index in [0.29, 0.717) is 43.1 Å². The summed E-state index contributed by atoms with van der Waals surface area (Å²) in [5.74, 6) is -1.55. The molecule has 1 aromatic carbocycles. The Kier molecular flexibility index (Phi) is 9.56. The second kappa shape index (κ2) is 12.4. The smallest absolute Gasteiger partial charge is 0.251 e. The number of carbonyl (C=O) groups excluding carboxylic acids is 3. The molecule has 0 aromatic heterocycles. The fourth-order valence-corrected chi connectivity index (χ4v) is 10.5. The van der Waals surface area contributed by atoms with Crippen LogP contribution in [0.3, 0.4) is 0 Å². The van der Waals surface area contributed by atoms with Crippen molar-refractivity contribution < 1.29 is 19.5 Å². The Bertz CT molecular complexity index is 1130. The molecular formula is C29H37BrClN3O4S. The number of para-hydroxylation sites is 1. The summed E-state index contributed by atoms with van der Waals surface area (Å²) >= 11 is 12.1. The van der Waals surface area contributed by atoms with Crippen LogP contribution >= 0.6 is 39.3 Å². The molecule has 212 valence electrons. The highest BCUT2D eigenvalue weighted by molar-refractivity contribution is 9.09. The molecule has 7 nitrogen and oxygen atoms in total. The minimum Gasteiger partial charge on any atom is -0.396 e. The summed E-state index contributed by atoms with van der Waals surface area (Å²) in [5, 5.41) is 9.62. The minimum absolute atomic E-state index is 0.00262. The van der Waals surface area contributed by atoms with Gasteiger partial charge in [0, 0.05) is 43.4 Å². The zero-order valence-electron chi connectivity index (χ0n) is 22.5. The molecule has 3 fully saturated rings. The van der Waals surface area contributed by atoms with E-state index < -0.39 is 22.6 Å². The normalized spacial score (nSPS) is 28.9. The second-order valence-electron chi connectivity index (χ2n) is 10.6. The van der Waals surface area contributed by atoms with Crippen LogP contribution in [0.1, 0.15) is 31.2 Å². The SMILES string of the molecule is C=CCN(C)C(=O)[C@H]1[C@H]2C(=O)N(CCCCCO)C(C(=O)N(CC=C)c3c(C)cccc3Cl)C23CC(Br)[C@@H]1S3. The quantitative estimate of drug-likeness (QED) is 0.208. The molecule has 39 heavy (non-hydrogen) atoms. The largest absolute Gasteiger partial charge is 0.396 e. The highest BCUT2D eigenvalue weighted by Gasteiger charge is 2.76. The van der Waals surface area contributed by atoms with Gasteiger partial charge in [0.05, 0.1) is 27.3 Å². The van der Waals surface area contributed by atoms with E-state index in [-0.39, 0.29) is 41.0 Å². The highest BCUT2D eigenvalue weighted by atomic mass is 79.9. The van der Waals surface area contributed by atoms with Gasteiger partial charge in [0.25, 0.3) is 5.91 Å². The molecule has 3 aliphatic rings. The van der Waals surface area contributed by atoms with Crippen LogP contribution in [0, 0.1) is 18.8 Å². The molecule has 1 N–H and O–H groups in total. The average Bonchev–Trinajstić information content (AvgIpc) is 3.48. The number of amides is 3. The van der Waals surface area contributed by atoms with Gasteiger partial charge in [-0.1, -0.05) is 51.8 Å². The predicted octanol–water partition coefficient (Wildman–Crippen LogP) is 4.44. The number of hydrogen-bond acceptors (Lipinski definition) is 5. The monoisotopic (exact) mass is 637 g/mol. The Morgan fingerprint density at radius 2 is 1.95 bits per heavy atom. The van der Waals surface area contributed by atoms with Gasteiger partial charge in [0.15, 0.2) is 0 Å². The molecule has 0 saturated carbocycles. The molecule has 2 bridgehead atoms. The van der Waals surface area contributed by atoms with Crippen molar-refractivity contribution in [1.82, 2.24) is 9.80 Å². The molecule has 10 heteroatoms. The van der Waals surface area contributed by atoms with Crippen LogP contribution in [0.5, 0.6) is 0 Å². The maximum absolute atomic E-state index is 14.7. The Morgan fingerprint density at radius 1 is 1.23 bits per heavy atom. The number of hydrogen-bond donors (Lipinski definition) is 1. The highest BCUT2D eigenvalue weighted by Crippen LogP contribution is 2.68. The number of aliphatic hydroxyl groups is 1. The number of likely N-dealkylation sites (N-methyl/N-ethyl adjacent to an activating group) is 1. The lowest BCUT2D eigenvalue weighted by molar-refractivity contribution is -0.143. The first-order valence-corrected chi connectivity index (χ1v) is 15.6. The molecule has 0 aliphatic carbocycles. The number of fused-ring (bicyclic) bond motifs is 1. The van der Waals surface area contributed by atoms with E-state index in [1.165, 1.54) is 0 Å². The molecule has 1 spiro atoms. The van der Waals surface area contributed by atoms with Gasteiger partial charge in [-0.25, -0.2) is 0 Å². The van der Waals surface area contributed by atoms with Crippen molar-refractivity contribution >= 4 is 62.7 Å². The molecule has 1 aromatic rings. The summed E-state index contributed by atoms with van der Waals surface area (Å²) in [6.07, 6.45) is 5.98. The van der Waals surface area contributed by atoms with Gasteiger partial charge < -0.3 is 19.8 Å². The summed E-state index contributed by atoms with van der Waals surface area (Å²) in [6, 6.07) is 4.76. The maximum atomic E-state index is 14.7. The zero-order valence-corrected chi connectivity index (χ0v) is 25.7. The van der Waals surface area contributed by atoms with Crippen molar-refractivity contribution in [3.63, 3.8) is 0 Å². The number of halogens is 2. The van der Waals surface area contributed by atoms with E-state index in [9.17, 15) is 19.5 Å². The van der Waals surface area contributed by atoms with Gasteiger partial charge in [0.1, 0.15) is 6.04 Å². The van der Waals surface area contributed by atoms with Gasteiger partial charge in [-0.15, -0.1) is 24.9 Å². The summed E-state index contributed by atoms with van der Waals surface area (Å²) in [6.45, 7) is 10.6. The van der Waals surface area contributed by atoms with E-state index in [4.69, 9.17) is 11.6 Å². The van der Waals surface area contributed by atoms with Crippen molar-refractivity contribution in [2.45, 2.75) is 53.5 Å². The van der Waals surface area contributed by atoms with E-state index >= 15 is 0 Å². The lowest BCUT2D eigenvalue weighted by Crippen LogP contribution is -2.56. The van der Waals surface area contributed by atoms with Crippen LogP contribution in [-0.4, -0.2) is 86.8 Å². The summed E-state index contributed by atoms with van der Waals surface area (Å²) in [4.78, 5) is 47.6. The van der Waals surface area contributed by atoms with Crippen LogP contribution in [0.4, 0.5) is 5.69 Å². The van der Waals surface area contributed by atoms with Crippen LogP contribution in [-0.2, 0) is 14.4 Å². The van der Waals surface area contributed by atoms with Gasteiger partial charge >= 0.3 is 0 Å². The van der Waals surface area contributed by atoms with Gasteiger partial charge in [-0.05, 0) is 44.2 Å². The van der Waals surface area contributed by atoms with Gasteiger partial charge in [-0.2, -0.15) is 0 Å². The van der Waals surface area contributed by atoms with Crippen molar-refractivity contribution in [2.24, 2.45) is 11.8 Å². The molecule has 3 unspecified atom stereocenters. The van der Waals surface area contributed by atoms with E-state index in [1.807, 2.05) is 19.1 Å². The predicted molar refractivity (Wildman–Crippen MR) is 161 cm³/mol. The number of nitrogens with zero attached hydrogens (tertiary/aromatic N) is 3. The molecular weight excluding hydrogens is 602 g/mol. The van der Waals surface area contributed by atoms with Crippen LogP contribution in [0.15, 0.2) is 43.5 Å². The third-order valence-corrected chi connectivity index (χ3v) is 11.7. The van der Waals surface area contributed by atoms with Crippen molar-refractivity contribution in [2.75, 3.05) is 38.2 Å². The Morgan fingerprint density at radius 3 is 2.59 bits per heavy atom. The van der Waals surface area contributed by atoms with E-state index in [0.717, 1.165) is 12.0 Å². The average molecular weight is 639 g/mol. The first-order chi connectivity index (χ1) is 18.6. The van der Waals surface area contributed by atoms with Crippen molar-refractivity contribution in [1.29, 1.82) is 0 Å². The van der Waals surface area contributed by atoms with Crippen molar-refractivity contribution in [3.8, 4) is 0 Å². The number of carbonyl (C=O) groups is 3. The molecule has 3 amide bonds. The first-order valence-electron chi connectivity index (χ1n) is 13.4. The number of aryl methyl sites for hydroxylation is 1. The maximum Gasteiger partial charge on any atom is 0.251 e. The number of rotatable bonds is 12. The molecule has 6 atom stereocenters. The fourth-order valence-electron chi connectivity index (χ4n) is 6.57. The molecule has 3 heterocycles. The van der Waals surface area contributed by atoms with Crippen LogP contribution in [0.25, 0.3) is 0 Å². The Labute approximate surface area is 248 Å². The minimum atomic E-state index is -0.752. The first kappa shape index (κ1) is 30.2. The van der Waals surface area contributed by atoms with Crippen LogP contribution < -0.4 is 4.90 Å². The third-order valence-electron chi connectivity index (χ3n) is 8.18. The van der Waals surface area contributed by atoms with Gasteiger partial charge in [0.2, 0.25) is 11.8 Å². The molecule has 3 aliphatic heterocycles. The molecule has 4 rings (SSSR count). The number of unbranched alkanes of at least 4 members (excludes halogenated alkanes) is 2. The number of benzene rings is 1. The number of likely N-dealkylation sites (tertiary alicyclic amines) is 1. The van der Waals surface area contributed by atoms with Crippen molar-refractivity contribution in [3.05, 3.63) is 54.1 Å². The van der Waals surface area contributed by atoms with E-state index in [2.05, 4.69) is 29.1 Å². The summed E-state index contributed by atoms with van der Waals surface area (Å²) in [7, 11) is 1.73. The van der Waals surface area contributed by atoms with E-state index in [1.54, 1.807) is 51.7 Å². The standard InChI is InChI=1S/C29H37BrClN3O4S/c1-5-13-32(4)26(36)21-22-27(37)34(15-8-7-9-16-35)25(29(22)17-19(30)24(21)39-29)28(38)33(14-6-2)23-18(3)11-10-12-20(23)31/h5-6,10-12,19,21-22,24-25,35H,1-2,7-9,13-17H2,3-4H3/t19?,21-,22-,24-,25?,29?/m0/s1. The zero-order chi connectivity index (χ0) is 28.5.